The Hall–Kier alpha value is -1.68. The number of nitrogens with two attached hydrogens (primary N) is 1. The summed E-state index contributed by atoms with van der Waals surface area (Å²) in [7, 11) is 0. The van der Waals surface area contributed by atoms with Crippen LogP contribution in [-0.2, 0) is 0 Å². The fourth-order valence-electron chi connectivity index (χ4n) is 3.10. The first kappa shape index (κ1) is 15.7. The van der Waals surface area contributed by atoms with Crippen LogP contribution in [0.5, 0.6) is 0 Å². The van der Waals surface area contributed by atoms with Gasteiger partial charge in [-0.1, -0.05) is 19.4 Å². The minimum absolute atomic E-state index is 0.138. The standard InChI is InChI=1S/C17H24N2O2/c1-3-4-5-14(20)15-11(2)6-7-13(17(18)21)16(15)12-8-9-19-10-12/h6-7,12,19H,3-5,8-10H2,1-2H3,(H2,18,21). The minimum atomic E-state index is -0.443. The van der Waals surface area contributed by atoms with Crippen molar-refractivity contribution in [2.24, 2.45) is 5.73 Å². The van der Waals surface area contributed by atoms with E-state index >= 15 is 0 Å². The van der Waals surface area contributed by atoms with Crippen LogP contribution in [0.25, 0.3) is 0 Å². The minimum Gasteiger partial charge on any atom is -0.366 e. The van der Waals surface area contributed by atoms with Crippen LogP contribution in [0, 0.1) is 6.92 Å². The molecule has 0 spiro atoms. The van der Waals surface area contributed by atoms with Crippen molar-refractivity contribution >= 4 is 11.7 Å². The summed E-state index contributed by atoms with van der Waals surface area (Å²) >= 11 is 0. The number of amides is 1. The lowest BCUT2D eigenvalue weighted by molar-refractivity contribution is 0.0978. The van der Waals surface area contributed by atoms with Crippen LogP contribution in [0.4, 0.5) is 0 Å². The van der Waals surface area contributed by atoms with Gasteiger partial charge in [-0.15, -0.1) is 0 Å². The van der Waals surface area contributed by atoms with E-state index in [4.69, 9.17) is 5.73 Å². The Labute approximate surface area is 126 Å². The van der Waals surface area contributed by atoms with Crippen molar-refractivity contribution < 1.29 is 9.59 Å². The highest BCUT2D eigenvalue weighted by molar-refractivity contribution is 6.04. The fourth-order valence-corrected chi connectivity index (χ4v) is 3.10. The molecule has 0 aromatic heterocycles. The lowest BCUT2D eigenvalue weighted by Gasteiger charge is -2.19. The molecule has 4 nitrogen and oxygen atoms in total. The second kappa shape index (κ2) is 6.85. The zero-order chi connectivity index (χ0) is 15.4. The lowest BCUT2D eigenvalue weighted by Crippen LogP contribution is -2.21. The van der Waals surface area contributed by atoms with Gasteiger partial charge in [0.15, 0.2) is 5.78 Å². The summed E-state index contributed by atoms with van der Waals surface area (Å²) in [5.41, 5.74) is 8.59. The van der Waals surface area contributed by atoms with Crippen molar-refractivity contribution in [1.29, 1.82) is 0 Å². The number of hydrogen-bond donors (Lipinski definition) is 2. The summed E-state index contributed by atoms with van der Waals surface area (Å²) < 4.78 is 0. The third-order valence-corrected chi connectivity index (χ3v) is 4.22. The first-order valence-corrected chi connectivity index (χ1v) is 7.73. The number of primary amides is 1. The van der Waals surface area contributed by atoms with Crippen LogP contribution in [0.1, 0.15) is 70.4 Å². The van der Waals surface area contributed by atoms with Crippen LogP contribution in [-0.4, -0.2) is 24.8 Å². The SMILES string of the molecule is CCCCC(=O)c1c(C)ccc(C(N)=O)c1C1CCNC1. The van der Waals surface area contributed by atoms with Crippen molar-refractivity contribution in [1.82, 2.24) is 5.32 Å². The highest BCUT2D eigenvalue weighted by Crippen LogP contribution is 2.32. The van der Waals surface area contributed by atoms with Crippen molar-refractivity contribution in [3.8, 4) is 0 Å². The average molecular weight is 288 g/mol. The number of Topliss-reactive ketones (excluding diaryl/α,β-unsaturated/α-hetero) is 1. The van der Waals surface area contributed by atoms with Crippen molar-refractivity contribution in [2.75, 3.05) is 13.1 Å². The van der Waals surface area contributed by atoms with Crippen molar-refractivity contribution in [3.63, 3.8) is 0 Å². The van der Waals surface area contributed by atoms with E-state index in [0.717, 1.165) is 49.0 Å². The van der Waals surface area contributed by atoms with E-state index in [2.05, 4.69) is 12.2 Å². The van der Waals surface area contributed by atoms with Gasteiger partial charge in [-0.05, 0) is 49.4 Å². The number of nitrogens with one attached hydrogen (secondary N) is 1. The van der Waals surface area contributed by atoms with Crippen LogP contribution in [0.3, 0.4) is 0 Å². The fraction of sp³-hybridized carbons (Fsp3) is 0.529. The Morgan fingerprint density at radius 2 is 2.14 bits per heavy atom. The zero-order valence-corrected chi connectivity index (χ0v) is 12.9. The molecular formula is C17H24N2O2. The predicted molar refractivity (Wildman–Crippen MR) is 83.8 cm³/mol. The molecule has 3 N–H and O–H groups in total. The molecule has 0 saturated carbocycles. The second-order valence-corrected chi connectivity index (χ2v) is 5.80. The molecule has 1 aromatic rings. The molecule has 21 heavy (non-hydrogen) atoms. The van der Waals surface area contributed by atoms with Crippen molar-refractivity contribution in [3.05, 3.63) is 34.4 Å². The summed E-state index contributed by atoms with van der Waals surface area (Å²) in [6, 6.07) is 3.60. The van der Waals surface area contributed by atoms with E-state index < -0.39 is 5.91 Å². The highest BCUT2D eigenvalue weighted by atomic mass is 16.1. The Bertz CT molecular complexity index is 546. The molecule has 0 radical (unpaired) electrons. The molecule has 1 atom stereocenters. The van der Waals surface area contributed by atoms with E-state index in [-0.39, 0.29) is 11.7 Å². The number of carbonyl (C=O) groups excluding carboxylic acids is 2. The van der Waals surface area contributed by atoms with Gasteiger partial charge < -0.3 is 11.1 Å². The molecule has 1 saturated heterocycles. The first-order chi connectivity index (χ1) is 10.1. The second-order valence-electron chi connectivity index (χ2n) is 5.80. The molecule has 0 aliphatic carbocycles. The average Bonchev–Trinajstić information content (AvgIpc) is 2.97. The van der Waals surface area contributed by atoms with Crippen molar-refractivity contribution in [2.45, 2.75) is 45.4 Å². The highest BCUT2D eigenvalue weighted by Gasteiger charge is 2.27. The number of hydrogen-bond acceptors (Lipinski definition) is 3. The quantitative estimate of drug-likeness (QED) is 0.790. The molecule has 1 amide bonds. The van der Waals surface area contributed by atoms with Crippen LogP contribution < -0.4 is 11.1 Å². The summed E-state index contributed by atoms with van der Waals surface area (Å²) in [4.78, 5) is 24.4. The lowest BCUT2D eigenvalue weighted by atomic mass is 9.84. The van der Waals surface area contributed by atoms with E-state index in [1.807, 2.05) is 13.0 Å². The molecule has 1 fully saturated rings. The van der Waals surface area contributed by atoms with Gasteiger partial charge in [-0.3, -0.25) is 9.59 Å². The van der Waals surface area contributed by atoms with E-state index in [9.17, 15) is 9.59 Å². The van der Waals surface area contributed by atoms with E-state index in [1.54, 1.807) is 6.07 Å². The normalized spacial score (nSPS) is 17.9. The van der Waals surface area contributed by atoms with E-state index in [1.165, 1.54) is 0 Å². The van der Waals surface area contributed by atoms with E-state index in [0.29, 0.717) is 12.0 Å². The molecule has 1 unspecified atom stereocenters. The predicted octanol–water partition coefficient (Wildman–Crippen LogP) is 2.54. The third-order valence-electron chi connectivity index (χ3n) is 4.22. The van der Waals surface area contributed by atoms with Gasteiger partial charge in [0.2, 0.25) is 5.91 Å². The number of rotatable bonds is 6. The monoisotopic (exact) mass is 288 g/mol. The smallest absolute Gasteiger partial charge is 0.249 e. The van der Waals surface area contributed by atoms with Gasteiger partial charge in [-0.2, -0.15) is 0 Å². The Morgan fingerprint density at radius 3 is 2.71 bits per heavy atom. The van der Waals surface area contributed by atoms with Gasteiger partial charge in [0.1, 0.15) is 0 Å². The molecule has 4 heteroatoms. The molecule has 1 aromatic carbocycles. The summed E-state index contributed by atoms with van der Waals surface area (Å²) in [6.45, 7) is 5.73. The van der Waals surface area contributed by atoms with Crippen LogP contribution in [0.15, 0.2) is 12.1 Å². The Kier molecular flexibility index (Phi) is 5.12. The molecular weight excluding hydrogens is 264 g/mol. The van der Waals surface area contributed by atoms with Gasteiger partial charge in [0.25, 0.3) is 0 Å². The number of unbranched alkanes of at least 4 members (excludes halogenated alkanes) is 1. The zero-order valence-electron chi connectivity index (χ0n) is 12.9. The molecule has 1 aliphatic rings. The molecule has 2 rings (SSSR count). The molecule has 1 heterocycles. The maximum atomic E-state index is 12.6. The van der Waals surface area contributed by atoms with Crippen LogP contribution >= 0.6 is 0 Å². The van der Waals surface area contributed by atoms with Gasteiger partial charge in [-0.25, -0.2) is 0 Å². The van der Waals surface area contributed by atoms with Gasteiger partial charge in [0.05, 0.1) is 0 Å². The topological polar surface area (TPSA) is 72.2 Å². The summed E-state index contributed by atoms with van der Waals surface area (Å²) in [6.07, 6.45) is 3.34. The third kappa shape index (κ3) is 3.32. The largest absolute Gasteiger partial charge is 0.366 e. The number of benzene rings is 1. The maximum absolute atomic E-state index is 12.6. The number of ketones is 1. The Morgan fingerprint density at radius 1 is 1.38 bits per heavy atom. The molecule has 0 bridgehead atoms. The molecule has 1 aliphatic heterocycles. The van der Waals surface area contributed by atoms with Gasteiger partial charge in [0, 0.05) is 24.1 Å². The summed E-state index contributed by atoms with van der Waals surface area (Å²) in [5.74, 6) is -0.103. The number of carbonyl (C=O) groups is 2. The summed E-state index contributed by atoms with van der Waals surface area (Å²) in [5, 5.41) is 3.30. The maximum Gasteiger partial charge on any atom is 0.249 e. The first-order valence-electron chi connectivity index (χ1n) is 7.73. The Balaban J connectivity index is 2.52. The number of aryl methyl sites for hydroxylation is 1. The van der Waals surface area contributed by atoms with Crippen LogP contribution in [0.2, 0.25) is 0 Å². The molecule has 114 valence electrons. The van der Waals surface area contributed by atoms with Gasteiger partial charge >= 0.3 is 0 Å².